The number of methoxy groups -OCH3 is 1. The van der Waals surface area contributed by atoms with Gasteiger partial charge in [-0.05, 0) is 17.7 Å². The van der Waals surface area contributed by atoms with Crippen LogP contribution in [-0.4, -0.2) is 51.0 Å². The van der Waals surface area contributed by atoms with E-state index in [4.69, 9.17) is 23.4 Å². The lowest BCUT2D eigenvalue weighted by Gasteiger charge is -2.17. The highest BCUT2D eigenvalue weighted by atomic mass is 35.7. The minimum Gasteiger partial charge on any atom is -0.497 e. The SMILES string of the molecule is COc1ccc(/C(C=[N+](C)C)=C\N(C)C)cc1.[O-][Cl+3]([O-])([O-])[O-]. The van der Waals surface area contributed by atoms with Gasteiger partial charge in [-0.1, -0.05) is 12.1 Å². The van der Waals surface area contributed by atoms with E-state index in [9.17, 15) is 0 Å². The van der Waals surface area contributed by atoms with E-state index in [1.807, 2.05) is 49.8 Å². The average molecular weight is 333 g/mol. The molecule has 0 spiro atoms. The van der Waals surface area contributed by atoms with Gasteiger partial charge in [0.05, 0.1) is 12.7 Å². The Bertz CT molecular complexity index is 497. The van der Waals surface area contributed by atoms with Crippen LogP contribution in [-0.2, 0) is 0 Å². The van der Waals surface area contributed by atoms with E-state index in [1.54, 1.807) is 7.11 Å². The monoisotopic (exact) mass is 332 g/mol. The first-order chi connectivity index (χ1) is 10.0. The van der Waals surface area contributed by atoms with Crippen LogP contribution in [0.4, 0.5) is 0 Å². The Morgan fingerprint density at radius 3 is 1.86 bits per heavy atom. The summed E-state index contributed by atoms with van der Waals surface area (Å²) in [6, 6.07) is 8.08. The quantitative estimate of drug-likeness (QED) is 0.435. The van der Waals surface area contributed by atoms with Gasteiger partial charge in [-0.25, -0.2) is 23.2 Å². The minimum atomic E-state index is -4.94. The maximum atomic E-state index is 8.49. The molecule has 0 aliphatic carbocycles. The Morgan fingerprint density at radius 1 is 1.09 bits per heavy atom. The molecule has 0 N–H and O–H groups in total. The zero-order valence-corrected chi connectivity index (χ0v) is 14.0. The molecule has 1 aromatic rings. The number of hydrogen-bond donors (Lipinski definition) is 0. The van der Waals surface area contributed by atoms with Crippen molar-refractivity contribution in [2.45, 2.75) is 0 Å². The third kappa shape index (κ3) is 11.1. The fraction of sp³-hybridized carbons (Fsp3) is 0.357. The summed E-state index contributed by atoms with van der Waals surface area (Å²) in [7, 11) is 4.82. The lowest BCUT2D eigenvalue weighted by atomic mass is 10.1. The maximum absolute atomic E-state index is 8.49. The van der Waals surface area contributed by atoms with Gasteiger partial charge in [0, 0.05) is 20.3 Å². The number of hydrogen-bond acceptors (Lipinski definition) is 6. The van der Waals surface area contributed by atoms with Crippen LogP contribution in [0.5, 0.6) is 5.75 Å². The van der Waals surface area contributed by atoms with Gasteiger partial charge in [0.2, 0.25) is 0 Å². The average Bonchev–Trinajstić information content (AvgIpc) is 2.35. The molecule has 7 nitrogen and oxygen atoms in total. The molecule has 0 aromatic heterocycles. The van der Waals surface area contributed by atoms with Crippen molar-refractivity contribution in [3.63, 3.8) is 0 Å². The largest absolute Gasteiger partial charge is 0.497 e. The molecular weight excluding hydrogens is 312 g/mol. The molecule has 0 aliphatic rings. The van der Waals surface area contributed by atoms with Crippen molar-refractivity contribution in [1.29, 1.82) is 0 Å². The van der Waals surface area contributed by atoms with Crippen LogP contribution >= 0.6 is 0 Å². The molecule has 1 aromatic carbocycles. The molecule has 0 radical (unpaired) electrons. The summed E-state index contributed by atoms with van der Waals surface area (Å²) in [5, 5.41) is 0. The lowest BCUT2D eigenvalue weighted by Crippen LogP contribution is -2.68. The van der Waals surface area contributed by atoms with Crippen molar-refractivity contribution in [1.82, 2.24) is 4.90 Å². The number of rotatable bonds is 4. The summed E-state index contributed by atoms with van der Waals surface area (Å²) in [5.41, 5.74) is 2.34. The van der Waals surface area contributed by atoms with Gasteiger partial charge < -0.3 is 9.64 Å². The lowest BCUT2D eigenvalue weighted by molar-refractivity contribution is -2.00. The maximum Gasteiger partial charge on any atom is 0.172 e. The highest BCUT2D eigenvalue weighted by Gasteiger charge is 2.03. The van der Waals surface area contributed by atoms with E-state index in [0.29, 0.717) is 0 Å². The predicted molar refractivity (Wildman–Crippen MR) is 72.8 cm³/mol. The normalized spacial score (nSPS) is 11.2. The standard InChI is InChI=1S/C14H21N2O.ClHO4/c1-15(2)10-13(11-16(3)4)12-6-8-14(17-5)9-7-12;2-1(3,4)5/h6-11H,1-5H3;(H,2,3,4,5)/q+1;/p-1. The summed E-state index contributed by atoms with van der Waals surface area (Å²) in [4.78, 5) is 2.04. The molecule has 1 rings (SSSR count). The highest BCUT2D eigenvalue weighted by Crippen LogP contribution is 2.17. The van der Waals surface area contributed by atoms with E-state index in [0.717, 1.165) is 5.75 Å². The van der Waals surface area contributed by atoms with Gasteiger partial charge in [0.1, 0.15) is 19.8 Å². The molecule has 0 aliphatic heterocycles. The fourth-order valence-electron chi connectivity index (χ4n) is 1.52. The molecule has 0 atom stereocenters. The van der Waals surface area contributed by atoms with E-state index in [2.05, 4.69) is 24.5 Å². The number of allylic oxidation sites excluding steroid dienone is 1. The number of nitrogens with zero attached hydrogens (tertiary/aromatic N) is 2. The van der Waals surface area contributed by atoms with Crippen molar-refractivity contribution in [2.75, 3.05) is 35.3 Å². The zero-order valence-electron chi connectivity index (χ0n) is 13.3. The molecular formula is C14H21ClN2O5. The molecule has 0 fully saturated rings. The Hall–Kier alpha value is -1.64. The summed E-state index contributed by atoms with van der Waals surface area (Å²) in [5.74, 6) is 0.878. The minimum absolute atomic E-state index is 0.878. The smallest absolute Gasteiger partial charge is 0.172 e. The first kappa shape index (κ1) is 20.4. The van der Waals surface area contributed by atoms with Crippen LogP contribution in [0.3, 0.4) is 0 Å². The van der Waals surface area contributed by atoms with Crippen molar-refractivity contribution in [3.8, 4) is 5.75 Å². The van der Waals surface area contributed by atoms with Gasteiger partial charge in [-0.2, -0.15) is 0 Å². The Labute approximate surface area is 132 Å². The van der Waals surface area contributed by atoms with Crippen molar-refractivity contribution >= 4 is 11.8 Å². The molecule has 0 saturated heterocycles. The van der Waals surface area contributed by atoms with Crippen LogP contribution in [0.2, 0.25) is 0 Å². The van der Waals surface area contributed by atoms with Crippen LogP contribution in [0.25, 0.3) is 5.57 Å². The van der Waals surface area contributed by atoms with Gasteiger partial charge in [-0.15, -0.1) is 10.2 Å². The Morgan fingerprint density at radius 2 is 1.55 bits per heavy atom. The van der Waals surface area contributed by atoms with Crippen molar-refractivity contribution in [3.05, 3.63) is 36.0 Å². The van der Waals surface area contributed by atoms with E-state index in [-0.39, 0.29) is 0 Å². The third-order valence-corrected chi connectivity index (χ3v) is 2.22. The highest BCUT2D eigenvalue weighted by molar-refractivity contribution is 6.07. The molecule has 0 unspecified atom stereocenters. The number of halogens is 1. The van der Waals surface area contributed by atoms with Gasteiger partial charge >= 0.3 is 0 Å². The first-order valence-corrected chi connectivity index (χ1v) is 7.42. The van der Waals surface area contributed by atoms with Crippen LogP contribution < -0.4 is 23.4 Å². The van der Waals surface area contributed by atoms with Gasteiger partial charge in [0.15, 0.2) is 6.21 Å². The summed E-state index contributed by atoms with van der Waals surface area (Å²) in [6.45, 7) is 0. The molecule has 0 amide bonds. The topological polar surface area (TPSA) is 108 Å². The third-order valence-electron chi connectivity index (χ3n) is 2.22. The fourth-order valence-corrected chi connectivity index (χ4v) is 1.52. The van der Waals surface area contributed by atoms with Gasteiger partial charge in [-0.3, -0.25) is 0 Å². The molecule has 0 bridgehead atoms. The van der Waals surface area contributed by atoms with E-state index < -0.39 is 10.2 Å². The Kier molecular flexibility index (Phi) is 8.69. The molecule has 0 saturated carbocycles. The number of ether oxygens (including phenoxy) is 1. The Balaban J connectivity index is 0.000000763. The van der Waals surface area contributed by atoms with Gasteiger partial charge in [0.25, 0.3) is 0 Å². The summed E-state index contributed by atoms with van der Waals surface area (Å²) in [6.07, 6.45) is 4.20. The second kappa shape index (κ2) is 9.39. The zero-order chi connectivity index (χ0) is 17.3. The van der Waals surface area contributed by atoms with Crippen molar-refractivity contribution in [2.24, 2.45) is 0 Å². The summed E-state index contributed by atoms with van der Waals surface area (Å²) >= 11 is 0. The second-order valence-corrected chi connectivity index (χ2v) is 5.50. The van der Waals surface area contributed by atoms with Crippen LogP contribution in [0.15, 0.2) is 30.5 Å². The van der Waals surface area contributed by atoms with Crippen LogP contribution in [0.1, 0.15) is 5.56 Å². The van der Waals surface area contributed by atoms with E-state index >= 15 is 0 Å². The summed E-state index contributed by atoms with van der Waals surface area (Å²) < 4.78 is 41.2. The molecule has 124 valence electrons. The molecule has 0 heterocycles. The second-order valence-electron chi connectivity index (χ2n) is 4.75. The molecule has 8 heteroatoms. The first-order valence-electron chi connectivity index (χ1n) is 6.18. The predicted octanol–water partition coefficient (Wildman–Crippen LogP) is -2.82. The van der Waals surface area contributed by atoms with Crippen molar-refractivity contribution < 1.29 is 38.2 Å². The number of benzene rings is 1. The van der Waals surface area contributed by atoms with E-state index in [1.165, 1.54) is 11.1 Å². The van der Waals surface area contributed by atoms with Crippen LogP contribution in [0, 0.1) is 10.2 Å². The molecule has 22 heavy (non-hydrogen) atoms.